The number of nitro benzene ring substituents is 1. The van der Waals surface area contributed by atoms with E-state index in [1.807, 2.05) is 12.3 Å². The SMILES string of the molecule is Cc1csc2cc([N+](=O)[O-])c(F)cc12. The first-order valence-electron chi connectivity index (χ1n) is 3.91. The Morgan fingerprint density at radius 1 is 1.50 bits per heavy atom. The van der Waals surface area contributed by atoms with E-state index in [0.717, 1.165) is 15.6 Å². The van der Waals surface area contributed by atoms with Crippen molar-refractivity contribution >= 4 is 27.1 Å². The minimum Gasteiger partial charge on any atom is -0.258 e. The minimum atomic E-state index is -0.774. The van der Waals surface area contributed by atoms with Gasteiger partial charge in [0.15, 0.2) is 0 Å². The molecule has 0 aliphatic rings. The lowest BCUT2D eigenvalue weighted by molar-refractivity contribution is -0.387. The fourth-order valence-corrected chi connectivity index (χ4v) is 2.26. The Morgan fingerprint density at radius 2 is 2.21 bits per heavy atom. The molecule has 1 aromatic heterocycles. The van der Waals surface area contributed by atoms with Crippen LogP contribution in [0.4, 0.5) is 10.1 Å². The van der Waals surface area contributed by atoms with E-state index in [2.05, 4.69) is 0 Å². The lowest BCUT2D eigenvalue weighted by Gasteiger charge is -1.95. The first kappa shape index (κ1) is 9.08. The third-order valence-electron chi connectivity index (χ3n) is 2.03. The zero-order chi connectivity index (χ0) is 10.3. The van der Waals surface area contributed by atoms with Crippen molar-refractivity contribution in [2.45, 2.75) is 6.92 Å². The minimum absolute atomic E-state index is 0.459. The molecule has 0 bridgehead atoms. The van der Waals surface area contributed by atoms with Crippen molar-refractivity contribution in [2.75, 3.05) is 0 Å². The normalized spacial score (nSPS) is 10.7. The molecular weight excluding hydrogens is 205 g/mol. The van der Waals surface area contributed by atoms with Gasteiger partial charge in [0.05, 0.1) is 4.92 Å². The van der Waals surface area contributed by atoms with Gasteiger partial charge in [-0.1, -0.05) is 0 Å². The van der Waals surface area contributed by atoms with Gasteiger partial charge in [0.2, 0.25) is 5.82 Å². The summed E-state index contributed by atoms with van der Waals surface area (Å²) in [4.78, 5) is 9.74. The van der Waals surface area contributed by atoms with Gasteiger partial charge < -0.3 is 0 Å². The van der Waals surface area contributed by atoms with Gasteiger partial charge in [-0.15, -0.1) is 11.3 Å². The van der Waals surface area contributed by atoms with Gasteiger partial charge >= 0.3 is 5.69 Å². The number of thiophene rings is 1. The maximum atomic E-state index is 13.2. The molecule has 72 valence electrons. The van der Waals surface area contributed by atoms with Crippen molar-refractivity contribution in [1.29, 1.82) is 0 Å². The third-order valence-corrected chi connectivity index (χ3v) is 3.10. The van der Waals surface area contributed by atoms with E-state index in [-0.39, 0.29) is 0 Å². The third kappa shape index (κ3) is 1.26. The van der Waals surface area contributed by atoms with Crippen LogP contribution in [0.3, 0.4) is 0 Å². The number of aryl methyl sites for hydroxylation is 1. The average Bonchev–Trinajstić information content (AvgIpc) is 2.46. The maximum absolute atomic E-state index is 13.2. The van der Waals surface area contributed by atoms with Gasteiger partial charge in [0.25, 0.3) is 0 Å². The summed E-state index contributed by atoms with van der Waals surface area (Å²) in [6.45, 7) is 1.85. The van der Waals surface area contributed by atoms with Gasteiger partial charge in [-0.2, -0.15) is 4.39 Å². The smallest absolute Gasteiger partial charge is 0.258 e. The predicted octanol–water partition coefficient (Wildman–Crippen LogP) is 3.26. The second kappa shape index (κ2) is 3.02. The molecule has 1 heterocycles. The van der Waals surface area contributed by atoms with E-state index >= 15 is 0 Å². The fraction of sp³-hybridized carbons (Fsp3) is 0.111. The molecule has 1 aromatic carbocycles. The first-order valence-corrected chi connectivity index (χ1v) is 4.79. The van der Waals surface area contributed by atoms with Crippen LogP contribution in [0.15, 0.2) is 17.5 Å². The lowest BCUT2D eigenvalue weighted by atomic mass is 10.2. The summed E-state index contributed by atoms with van der Waals surface area (Å²) in [5.41, 5.74) is 0.484. The zero-order valence-corrected chi connectivity index (χ0v) is 8.10. The Labute approximate surface area is 82.9 Å². The molecule has 14 heavy (non-hydrogen) atoms. The monoisotopic (exact) mass is 211 g/mol. The van der Waals surface area contributed by atoms with Crippen molar-refractivity contribution in [3.8, 4) is 0 Å². The van der Waals surface area contributed by atoms with Crippen molar-refractivity contribution in [3.63, 3.8) is 0 Å². The van der Waals surface area contributed by atoms with E-state index in [4.69, 9.17) is 0 Å². The van der Waals surface area contributed by atoms with Crippen LogP contribution in [0.1, 0.15) is 5.56 Å². The van der Waals surface area contributed by atoms with Crippen molar-refractivity contribution in [2.24, 2.45) is 0 Å². The van der Waals surface area contributed by atoms with E-state index in [9.17, 15) is 14.5 Å². The molecule has 0 spiro atoms. The second-order valence-corrected chi connectivity index (χ2v) is 3.89. The zero-order valence-electron chi connectivity index (χ0n) is 7.28. The number of nitro groups is 1. The lowest BCUT2D eigenvalue weighted by Crippen LogP contribution is -1.91. The number of nitrogens with zero attached hydrogens (tertiary/aromatic N) is 1. The number of hydrogen-bond acceptors (Lipinski definition) is 3. The highest BCUT2D eigenvalue weighted by Crippen LogP contribution is 2.30. The molecule has 0 aliphatic heterocycles. The number of halogens is 1. The van der Waals surface area contributed by atoms with Gasteiger partial charge in [-0.25, -0.2) is 0 Å². The Balaban J connectivity index is 2.79. The molecule has 0 aliphatic carbocycles. The number of rotatable bonds is 1. The highest BCUT2D eigenvalue weighted by molar-refractivity contribution is 7.17. The topological polar surface area (TPSA) is 43.1 Å². The van der Waals surface area contributed by atoms with Crippen LogP contribution in [-0.4, -0.2) is 4.92 Å². The quantitative estimate of drug-likeness (QED) is 0.536. The Morgan fingerprint density at radius 3 is 2.86 bits per heavy atom. The summed E-state index contributed by atoms with van der Waals surface area (Å²) in [5, 5.41) is 13.0. The summed E-state index contributed by atoms with van der Waals surface area (Å²) >= 11 is 1.38. The summed E-state index contributed by atoms with van der Waals surface area (Å²) in [6, 6.07) is 2.50. The van der Waals surface area contributed by atoms with Crippen LogP contribution in [0.25, 0.3) is 10.1 Å². The second-order valence-electron chi connectivity index (χ2n) is 2.98. The molecule has 0 amide bonds. The maximum Gasteiger partial charge on any atom is 0.306 e. The van der Waals surface area contributed by atoms with Crippen LogP contribution in [-0.2, 0) is 0 Å². The van der Waals surface area contributed by atoms with Crippen LogP contribution >= 0.6 is 11.3 Å². The molecule has 0 saturated carbocycles. The average molecular weight is 211 g/mol. The van der Waals surface area contributed by atoms with Crippen molar-refractivity contribution < 1.29 is 9.31 Å². The highest BCUT2D eigenvalue weighted by Gasteiger charge is 2.16. The number of hydrogen-bond donors (Lipinski definition) is 0. The predicted molar refractivity (Wildman–Crippen MR) is 53.2 cm³/mol. The van der Waals surface area contributed by atoms with Crippen LogP contribution in [0, 0.1) is 22.9 Å². The molecule has 0 radical (unpaired) electrons. The molecule has 2 rings (SSSR count). The molecule has 3 nitrogen and oxygen atoms in total. The van der Waals surface area contributed by atoms with Gasteiger partial charge in [0, 0.05) is 10.8 Å². The van der Waals surface area contributed by atoms with Crippen LogP contribution in [0.2, 0.25) is 0 Å². The van der Waals surface area contributed by atoms with Crippen molar-refractivity contribution in [3.05, 3.63) is 39.0 Å². The molecule has 2 aromatic rings. The first-order chi connectivity index (χ1) is 6.59. The van der Waals surface area contributed by atoms with Gasteiger partial charge in [0.1, 0.15) is 0 Å². The molecular formula is C9H6FNO2S. The van der Waals surface area contributed by atoms with E-state index in [1.54, 1.807) is 0 Å². The molecule has 0 saturated heterocycles. The van der Waals surface area contributed by atoms with E-state index < -0.39 is 16.4 Å². The van der Waals surface area contributed by atoms with Crippen LogP contribution in [0.5, 0.6) is 0 Å². The van der Waals surface area contributed by atoms with Crippen LogP contribution < -0.4 is 0 Å². The number of fused-ring (bicyclic) bond motifs is 1. The Bertz CT molecular complexity index is 521. The molecule has 0 N–H and O–H groups in total. The van der Waals surface area contributed by atoms with Gasteiger partial charge in [-0.05, 0) is 29.3 Å². The molecule has 5 heteroatoms. The van der Waals surface area contributed by atoms with Gasteiger partial charge in [-0.3, -0.25) is 10.1 Å². The van der Waals surface area contributed by atoms with E-state index in [1.165, 1.54) is 23.5 Å². The molecule has 0 fully saturated rings. The molecule has 0 atom stereocenters. The van der Waals surface area contributed by atoms with E-state index in [0.29, 0.717) is 0 Å². The highest BCUT2D eigenvalue weighted by atomic mass is 32.1. The Kier molecular flexibility index (Phi) is 1.96. The number of benzene rings is 1. The molecule has 0 unspecified atom stereocenters. The summed E-state index contributed by atoms with van der Waals surface area (Å²) in [5.74, 6) is -0.774. The summed E-state index contributed by atoms with van der Waals surface area (Å²) in [6.07, 6.45) is 0. The Hall–Kier alpha value is -1.49. The fourth-order valence-electron chi connectivity index (χ4n) is 1.30. The summed E-state index contributed by atoms with van der Waals surface area (Å²) < 4.78 is 13.9. The summed E-state index contributed by atoms with van der Waals surface area (Å²) in [7, 11) is 0. The standard InChI is InChI=1S/C9H6FNO2S/c1-5-4-14-9-3-8(11(12)13)7(10)2-6(5)9/h2-4H,1H3. The largest absolute Gasteiger partial charge is 0.306 e. The van der Waals surface area contributed by atoms with Crippen molar-refractivity contribution in [1.82, 2.24) is 0 Å².